The molecule has 0 amide bonds. The van der Waals surface area contributed by atoms with Gasteiger partial charge in [0.2, 0.25) is 6.29 Å². The quantitative estimate of drug-likeness (QED) is 0.180. The number of hydrogen-bond acceptors (Lipinski definition) is 13. The molecule has 2 aliphatic heterocycles. The maximum atomic E-state index is 12.2. The fourth-order valence-electron chi connectivity index (χ4n) is 3.72. The van der Waals surface area contributed by atoms with E-state index in [0.29, 0.717) is 0 Å². The van der Waals surface area contributed by atoms with Gasteiger partial charge in [0.25, 0.3) is 0 Å². The topological polar surface area (TPSA) is 205 Å². The second kappa shape index (κ2) is 11.7. The van der Waals surface area contributed by atoms with E-state index in [9.17, 15) is 40.5 Å². The zero-order valence-electron chi connectivity index (χ0n) is 18.3. The molecule has 2 heterocycles. The van der Waals surface area contributed by atoms with E-state index in [1.54, 1.807) is 19.1 Å². The molecule has 1 aromatic rings. The number of carbonyl (C=O) groups is 1. The molecule has 3 rings (SSSR count). The number of para-hydroxylation sites is 1. The number of aliphatic hydroxyl groups excluding tert-OH is 7. The minimum Gasteiger partial charge on any atom is -0.462 e. The molecule has 0 spiro atoms. The molecule has 2 aliphatic rings. The van der Waals surface area contributed by atoms with Crippen LogP contribution in [0, 0.1) is 0 Å². The summed E-state index contributed by atoms with van der Waals surface area (Å²) >= 11 is 0. The van der Waals surface area contributed by atoms with Crippen LogP contribution in [0.15, 0.2) is 24.3 Å². The van der Waals surface area contributed by atoms with Crippen molar-refractivity contribution in [3.63, 3.8) is 0 Å². The average Bonchev–Trinajstić information content (AvgIpc) is 2.84. The third-order valence-corrected chi connectivity index (χ3v) is 5.59. The molecule has 34 heavy (non-hydrogen) atoms. The fraction of sp³-hybridized carbons (Fsp3) is 0.667. The first kappa shape index (κ1) is 26.7. The Morgan fingerprint density at radius 3 is 2.12 bits per heavy atom. The van der Waals surface area contributed by atoms with Crippen LogP contribution in [0.2, 0.25) is 0 Å². The summed E-state index contributed by atoms with van der Waals surface area (Å²) in [6, 6.07) is 6.01. The van der Waals surface area contributed by atoms with Gasteiger partial charge < -0.3 is 59.4 Å². The Bertz CT molecular complexity index is 803. The highest BCUT2D eigenvalue weighted by molar-refractivity contribution is 5.92. The van der Waals surface area contributed by atoms with Gasteiger partial charge in [-0.2, -0.15) is 0 Å². The van der Waals surface area contributed by atoms with Crippen LogP contribution in [-0.4, -0.2) is 123 Å². The van der Waals surface area contributed by atoms with E-state index in [0.717, 1.165) is 0 Å². The van der Waals surface area contributed by atoms with E-state index < -0.39 is 80.6 Å². The lowest BCUT2D eigenvalue weighted by molar-refractivity contribution is -0.352. The van der Waals surface area contributed by atoms with Gasteiger partial charge in [-0.25, -0.2) is 4.79 Å². The molecule has 0 aliphatic carbocycles. The van der Waals surface area contributed by atoms with Crippen LogP contribution in [0.3, 0.4) is 0 Å². The van der Waals surface area contributed by atoms with Crippen molar-refractivity contribution in [3.05, 3.63) is 29.8 Å². The first-order chi connectivity index (χ1) is 16.2. The first-order valence-corrected chi connectivity index (χ1v) is 10.7. The Morgan fingerprint density at radius 2 is 1.47 bits per heavy atom. The van der Waals surface area contributed by atoms with Crippen molar-refractivity contribution in [2.45, 2.75) is 68.3 Å². The van der Waals surface area contributed by atoms with E-state index >= 15 is 0 Å². The van der Waals surface area contributed by atoms with Crippen molar-refractivity contribution < 1.29 is 64.2 Å². The number of ether oxygens (including phenoxy) is 5. The maximum absolute atomic E-state index is 12.2. The number of hydrogen-bond donors (Lipinski definition) is 7. The molecule has 1 unspecified atom stereocenters. The first-order valence-electron chi connectivity index (χ1n) is 10.7. The van der Waals surface area contributed by atoms with Crippen LogP contribution in [0.4, 0.5) is 0 Å². The number of benzene rings is 1. The predicted molar refractivity (Wildman–Crippen MR) is 109 cm³/mol. The van der Waals surface area contributed by atoms with Gasteiger partial charge >= 0.3 is 5.97 Å². The smallest absolute Gasteiger partial charge is 0.341 e. The van der Waals surface area contributed by atoms with E-state index in [1.807, 2.05) is 0 Å². The number of carbonyl (C=O) groups excluding carboxylic acids is 1. The van der Waals surface area contributed by atoms with Crippen LogP contribution in [0.1, 0.15) is 17.3 Å². The number of rotatable bonds is 8. The van der Waals surface area contributed by atoms with Gasteiger partial charge in [0.1, 0.15) is 60.1 Å². The molecule has 0 radical (unpaired) electrons. The summed E-state index contributed by atoms with van der Waals surface area (Å²) in [7, 11) is 0. The highest BCUT2D eigenvalue weighted by Crippen LogP contribution is 2.31. The zero-order chi connectivity index (χ0) is 25.0. The van der Waals surface area contributed by atoms with Gasteiger partial charge in [-0.1, -0.05) is 12.1 Å². The molecule has 13 heteroatoms. The normalized spacial score (nSPS) is 38.4. The van der Waals surface area contributed by atoms with Crippen molar-refractivity contribution >= 4 is 5.97 Å². The molecule has 0 aromatic heterocycles. The van der Waals surface area contributed by atoms with Crippen LogP contribution in [-0.2, 0) is 18.9 Å². The van der Waals surface area contributed by atoms with E-state index in [2.05, 4.69) is 0 Å². The third-order valence-electron chi connectivity index (χ3n) is 5.59. The summed E-state index contributed by atoms with van der Waals surface area (Å²) in [5, 5.41) is 70.4. The Labute approximate surface area is 194 Å². The molecule has 192 valence electrons. The predicted octanol–water partition coefficient (Wildman–Crippen LogP) is -3.13. The summed E-state index contributed by atoms with van der Waals surface area (Å²) in [5.41, 5.74) is 0.0508. The van der Waals surface area contributed by atoms with Gasteiger partial charge in [-0.15, -0.1) is 0 Å². The Kier molecular flexibility index (Phi) is 9.17. The second-order valence-corrected chi connectivity index (χ2v) is 7.84. The lowest BCUT2D eigenvalue weighted by atomic mass is 9.97. The highest BCUT2D eigenvalue weighted by atomic mass is 16.7. The molecule has 2 saturated heterocycles. The van der Waals surface area contributed by atoms with Gasteiger partial charge in [-0.05, 0) is 19.1 Å². The van der Waals surface area contributed by atoms with E-state index in [4.69, 9.17) is 23.7 Å². The Balaban J connectivity index is 1.75. The van der Waals surface area contributed by atoms with Crippen LogP contribution in [0.5, 0.6) is 5.75 Å². The summed E-state index contributed by atoms with van der Waals surface area (Å²) in [4.78, 5) is 12.2. The van der Waals surface area contributed by atoms with E-state index in [1.165, 1.54) is 12.1 Å². The molecule has 1 aromatic carbocycles. The van der Waals surface area contributed by atoms with Gasteiger partial charge in [0.05, 0.1) is 19.8 Å². The van der Waals surface area contributed by atoms with Crippen LogP contribution in [0.25, 0.3) is 0 Å². The van der Waals surface area contributed by atoms with E-state index in [-0.39, 0.29) is 17.9 Å². The molecule has 10 atom stereocenters. The zero-order valence-corrected chi connectivity index (χ0v) is 18.3. The Hall–Kier alpha value is -1.91. The lowest BCUT2D eigenvalue weighted by Gasteiger charge is -2.45. The lowest BCUT2D eigenvalue weighted by Crippen LogP contribution is -2.65. The minimum absolute atomic E-state index is 0.00203. The average molecular weight is 490 g/mol. The summed E-state index contributed by atoms with van der Waals surface area (Å²) in [6.45, 7) is 0.340. The molecule has 7 N–H and O–H groups in total. The Morgan fingerprint density at radius 1 is 0.853 bits per heavy atom. The van der Waals surface area contributed by atoms with Crippen molar-refractivity contribution in [2.75, 3.05) is 19.8 Å². The SMILES string of the molecule is CCOC(=O)c1ccccc1O[C@@H]1O[C@H](CO)[C@@H](O[C@H]2O[C@H](CO)[C@@H](O)C(O)[C@H]2O)[C@H](O)[C@H]1O. The van der Waals surface area contributed by atoms with Gasteiger partial charge in [0, 0.05) is 0 Å². The summed E-state index contributed by atoms with van der Waals surface area (Å²) in [6.07, 6.45) is -15.8. The second-order valence-electron chi connectivity index (χ2n) is 7.84. The molecule has 2 fully saturated rings. The summed E-state index contributed by atoms with van der Waals surface area (Å²) in [5.74, 6) is -0.673. The van der Waals surface area contributed by atoms with Crippen LogP contribution < -0.4 is 4.74 Å². The molecule has 0 bridgehead atoms. The standard InChI is InChI=1S/C21H30O13/c1-2-30-19(29)9-5-3-4-6-10(9)31-20-17(28)15(26)18(12(8-23)33-20)34-21-16(27)14(25)13(24)11(7-22)32-21/h3-6,11-18,20-28H,2,7-8H2,1H3/t11-,12-,13-,14?,15-,16-,17-,18-,20-,21-/m1/s1. The maximum Gasteiger partial charge on any atom is 0.341 e. The fourth-order valence-corrected chi connectivity index (χ4v) is 3.72. The largest absolute Gasteiger partial charge is 0.462 e. The van der Waals surface area contributed by atoms with Gasteiger partial charge in [-0.3, -0.25) is 0 Å². The molecular weight excluding hydrogens is 460 g/mol. The third kappa shape index (κ3) is 5.49. The molecule has 13 nitrogen and oxygen atoms in total. The number of esters is 1. The van der Waals surface area contributed by atoms with Crippen molar-refractivity contribution in [1.82, 2.24) is 0 Å². The molecular formula is C21H30O13. The minimum atomic E-state index is -1.77. The monoisotopic (exact) mass is 490 g/mol. The van der Waals surface area contributed by atoms with Crippen molar-refractivity contribution in [2.24, 2.45) is 0 Å². The van der Waals surface area contributed by atoms with Gasteiger partial charge in [0.15, 0.2) is 6.29 Å². The van der Waals surface area contributed by atoms with Crippen molar-refractivity contribution in [1.29, 1.82) is 0 Å². The summed E-state index contributed by atoms with van der Waals surface area (Å²) < 4.78 is 26.9. The number of aliphatic hydroxyl groups is 7. The van der Waals surface area contributed by atoms with Crippen molar-refractivity contribution in [3.8, 4) is 5.75 Å². The molecule has 0 saturated carbocycles. The van der Waals surface area contributed by atoms with Crippen LogP contribution >= 0.6 is 0 Å². The highest BCUT2D eigenvalue weighted by Gasteiger charge is 2.51.